The molecule has 20 heavy (non-hydrogen) atoms. The SMILES string of the molecule is COc1ccc(NC(=O)C(N)CCS(C)(=O)=O)cc1O. The second-order valence-electron chi connectivity index (χ2n) is 4.40. The number of hydrogen-bond acceptors (Lipinski definition) is 6. The highest BCUT2D eigenvalue weighted by Gasteiger charge is 2.16. The lowest BCUT2D eigenvalue weighted by molar-refractivity contribution is -0.117. The summed E-state index contributed by atoms with van der Waals surface area (Å²) in [5, 5.41) is 12.1. The normalized spacial score (nSPS) is 12.8. The summed E-state index contributed by atoms with van der Waals surface area (Å²) in [6.45, 7) is 0. The molecular formula is C12H18N2O5S. The summed E-state index contributed by atoms with van der Waals surface area (Å²) in [4.78, 5) is 11.8. The summed E-state index contributed by atoms with van der Waals surface area (Å²) in [7, 11) is -1.75. The van der Waals surface area contributed by atoms with Gasteiger partial charge in [0.05, 0.1) is 18.9 Å². The van der Waals surface area contributed by atoms with Crippen LogP contribution in [0.15, 0.2) is 18.2 Å². The molecular weight excluding hydrogens is 284 g/mol. The number of nitrogens with two attached hydrogens (primary N) is 1. The van der Waals surface area contributed by atoms with Crippen LogP contribution >= 0.6 is 0 Å². The quantitative estimate of drug-likeness (QED) is 0.686. The first-order valence-electron chi connectivity index (χ1n) is 5.84. The van der Waals surface area contributed by atoms with Crippen LogP contribution in [-0.4, -0.2) is 44.6 Å². The van der Waals surface area contributed by atoms with Crippen LogP contribution in [0.4, 0.5) is 5.69 Å². The Labute approximate surface area is 117 Å². The molecule has 0 heterocycles. The van der Waals surface area contributed by atoms with Gasteiger partial charge in [-0.05, 0) is 18.6 Å². The number of benzene rings is 1. The van der Waals surface area contributed by atoms with Crippen LogP contribution in [-0.2, 0) is 14.6 Å². The van der Waals surface area contributed by atoms with E-state index >= 15 is 0 Å². The Morgan fingerprint density at radius 3 is 2.65 bits per heavy atom. The van der Waals surface area contributed by atoms with E-state index in [0.29, 0.717) is 5.69 Å². The minimum Gasteiger partial charge on any atom is -0.504 e. The number of aromatic hydroxyl groups is 1. The molecule has 0 radical (unpaired) electrons. The van der Waals surface area contributed by atoms with Crippen LogP contribution in [0.3, 0.4) is 0 Å². The summed E-state index contributed by atoms with van der Waals surface area (Å²) >= 11 is 0. The molecule has 4 N–H and O–H groups in total. The third-order valence-electron chi connectivity index (χ3n) is 2.58. The molecule has 0 fully saturated rings. The topological polar surface area (TPSA) is 119 Å². The van der Waals surface area contributed by atoms with Crippen LogP contribution in [0, 0.1) is 0 Å². The van der Waals surface area contributed by atoms with Crippen molar-refractivity contribution < 1.29 is 23.1 Å². The van der Waals surface area contributed by atoms with E-state index in [9.17, 15) is 18.3 Å². The number of phenolic OH excluding ortho intramolecular Hbond substituents is 1. The number of carbonyl (C=O) groups is 1. The van der Waals surface area contributed by atoms with Crippen LogP contribution < -0.4 is 15.8 Å². The minimum atomic E-state index is -3.16. The number of sulfone groups is 1. The average Bonchev–Trinajstić information content (AvgIpc) is 2.35. The van der Waals surface area contributed by atoms with E-state index in [-0.39, 0.29) is 23.7 Å². The van der Waals surface area contributed by atoms with Crippen molar-refractivity contribution in [2.45, 2.75) is 12.5 Å². The van der Waals surface area contributed by atoms with Gasteiger partial charge >= 0.3 is 0 Å². The summed E-state index contributed by atoms with van der Waals surface area (Å²) < 4.78 is 26.9. The van der Waals surface area contributed by atoms with Crippen LogP contribution in [0.25, 0.3) is 0 Å². The highest BCUT2D eigenvalue weighted by atomic mass is 32.2. The predicted molar refractivity (Wildman–Crippen MR) is 75.6 cm³/mol. The number of methoxy groups -OCH3 is 1. The van der Waals surface area contributed by atoms with Crippen LogP contribution in [0.1, 0.15) is 6.42 Å². The van der Waals surface area contributed by atoms with Crippen molar-refractivity contribution in [3.8, 4) is 11.5 Å². The van der Waals surface area contributed by atoms with Gasteiger partial charge in [0, 0.05) is 18.0 Å². The van der Waals surface area contributed by atoms with Crippen molar-refractivity contribution in [1.82, 2.24) is 0 Å². The lowest BCUT2D eigenvalue weighted by Crippen LogP contribution is -2.37. The van der Waals surface area contributed by atoms with Gasteiger partial charge in [-0.3, -0.25) is 4.79 Å². The average molecular weight is 302 g/mol. The molecule has 112 valence electrons. The third kappa shape index (κ3) is 5.06. The van der Waals surface area contributed by atoms with E-state index in [4.69, 9.17) is 10.5 Å². The molecule has 0 aliphatic heterocycles. The Morgan fingerprint density at radius 2 is 2.15 bits per heavy atom. The molecule has 7 nitrogen and oxygen atoms in total. The molecule has 0 aliphatic carbocycles. The first-order chi connectivity index (χ1) is 9.23. The standard InChI is InChI=1S/C12H18N2O5S/c1-19-11-4-3-8(7-10(11)15)14-12(16)9(13)5-6-20(2,17)18/h3-4,7,9,15H,5-6,13H2,1-2H3,(H,14,16). The Kier molecular flexibility index (Phi) is 5.34. The van der Waals surface area contributed by atoms with Crippen molar-refractivity contribution in [1.29, 1.82) is 0 Å². The van der Waals surface area contributed by atoms with E-state index in [2.05, 4.69) is 5.32 Å². The summed E-state index contributed by atoms with van der Waals surface area (Å²) in [5.41, 5.74) is 5.95. The maximum atomic E-state index is 11.8. The molecule has 0 aliphatic rings. The highest BCUT2D eigenvalue weighted by Crippen LogP contribution is 2.28. The molecule has 0 bridgehead atoms. The van der Waals surface area contributed by atoms with Crippen molar-refractivity contribution in [3.05, 3.63) is 18.2 Å². The van der Waals surface area contributed by atoms with Crippen LogP contribution in [0.5, 0.6) is 11.5 Å². The van der Waals surface area contributed by atoms with Crippen LogP contribution in [0.2, 0.25) is 0 Å². The van der Waals surface area contributed by atoms with E-state index in [1.165, 1.54) is 19.2 Å². The zero-order valence-corrected chi connectivity index (χ0v) is 12.1. The van der Waals surface area contributed by atoms with Gasteiger partial charge < -0.3 is 20.9 Å². The van der Waals surface area contributed by atoms with E-state index in [1.54, 1.807) is 6.07 Å². The Bertz CT molecular complexity index is 586. The number of anilines is 1. The first kappa shape index (κ1) is 16.3. The molecule has 1 atom stereocenters. The van der Waals surface area contributed by atoms with Crippen molar-refractivity contribution in [2.75, 3.05) is 24.4 Å². The number of phenols is 1. The smallest absolute Gasteiger partial charge is 0.241 e. The Balaban J connectivity index is 2.64. The fourth-order valence-electron chi connectivity index (χ4n) is 1.47. The van der Waals surface area contributed by atoms with Crippen molar-refractivity contribution in [2.24, 2.45) is 5.73 Å². The Hall–Kier alpha value is -1.80. The second-order valence-corrected chi connectivity index (χ2v) is 6.66. The molecule has 0 aromatic heterocycles. The van der Waals surface area contributed by atoms with Gasteiger partial charge in [-0.2, -0.15) is 0 Å². The number of amides is 1. The third-order valence-corrected chi connectivity index (χ3v) is 3.56. The molecule has 1 rings (SSSR count). The lowest BCUT2D eigenvalue weighted by atomic mass is 10.2. The number of nitrogens with one attached hydrogen (secondary N) is 1. The fraction of sp³-hybridized carbons (Fsp3) is 0.417. The van der Waals surface area contributed by atoms with E-state index in [1.807, 2.05) is 0 Å². The number of carbonyl (C=O) groups excluding carboxylic acids is 1. The highest BCUT2D eigenvalue weighted by molar-refractivity contribution is 7.90. The summed E-state index contributed by atoms with van der Waals surface area (Å²) in [6, 6.07) is 3.42. The minimum absolute atomic E-state index is 0.0345. The molecule has 0 spiro atoms. The zero-order valence-electron chi connectivity index (χ0n) is 11.3. The van der Waals surface area contributed by atoms with Gasteiger partial charge in [0.1, 0.15) is 9.84 Å². The summed E-state index contributed by atoms with van der Waals surface area (Å²) in [6.07, 6.45) is 1.12. The van der Waals surface area contributed by atoms with Gasteiger partial charge in [-0.15, -0.1) is 0 Å². The van der Waals surface area contributed by atoms with E-state index in [0.717, 1.165) is 6.26 Å². The first-order valence-corrected chi connectivity index (χ1v) is 7.90. The van der Waals surface area contributed by atoms with Gasteiger partial charge in [-0.1, -0.05) is 0 Å². The molecule has 8 heteroatoms. The van der Waals surface area contributed by atoms with Crippen molar-refractivity contribution >= 4 is 21.4 Å². The van der Waals surface area contributed by atoms with Gasteiger partial charge in [0.2, 0.25) is 5.91 Å². The molecule has 0 saturated heterocycles. The second kappa shape index (κ2) is 6.58. The van der Waals surface area contributed by atoms with Gasteiger partial charge in [-0.25, -0.2) is 8.42 Å². The number of hydrogen-bond donors (Lipinski definition) is 3. The predicted octanol–water partition coefficient (Wildman–Crippen LogP) is 0.101. The number of ether oxygens (including phenoxy) is 1. The Morgan fingerprint density at radius 1 is 1.50 bits per heavy atom. The molecule has 1 amide bonds. The molecule has 1 aromatic rings. The molecule has 1 unspecified atom stereocenters. The van der Waals surface area contributed by atoms with Crippen molar-refractivity contribution in [3.63, 3.8) is 0 Å². The van der Waals surface area contributed by atoms with Gasteiger partial charge in [0.25, 0.3) is 0 Å². The molecule has 1 aromatic carbocycles. The maximum absolute atomic E-state index is 11.8. The fourth-order valence-corrected chi connectivity index (χ4v) is 2.16. The maximum Gasteiger partial charge on any atom is 0.241 e. The number of rotatable bonds is 6. The monoisotopic (exact) mass is 302 g/mol. The summed E-state index contributed by atoms with van der Waals surface area (Å²) in [5.74, 6) is -0.507. The van der Waals surface area contributed by atoms with E-state index < -0.39 is 21.8 Å². The largest absolute Gasteiger partial charge is 0.504 e. The van der Waals surface area contributed by atoms with Gasteiger partial charge in [0.15, 0.2) is 11.5 Å². The molecule has 0 saturated carbocycles. The lowest BCUT2D eigenvalue weighted by Gasteiger charge is -2.12. The zero-order chi connectivity index (χ0) is 15.3.